The predicted octanol–water partition coefficient (Wildman–Crippen LogP) is 2.63. The van der Waals surface area contributed by atoms with Crippen LogP contribution in [0.25, 0.3) is 0 Å². The van der Waals surface area contributed by atoms with Gasteiger partial charge in [0.05, 0.1) is 4.90 Å². The first kappa shape index (κ1) is 20.4. The first-order valence-corrected chi connectivity index (χ1v) is 9.81. The summed E-state index contributed by atoms with van der Waals surface area (Å²) in [5.41, 5.74) is 1.62. The lowest BCUT2D eigenvalue weighted by Gasteiger charge is -2.18. The van der Waals surface area contributed by atoms with E-state index in [0.29, 0.717) is 5.69 Å². The van der Waals surface area contributed by atoms with Crippen molar-refractivity contribution in [2.75, 3.05) is 4.72 Å². The summed E-state index contributed by atoms with van der Waals surface area (Å²) in [4.78, 5) is 23.4. The highest BCUT2D eigenvalue weighted by Gasteiger charge is 2.24. The Morgan fingerprint density at radius 2 is 1.52 bits per heavy atom. The minimum atomic E-state index is -3.79. The highest BCUT2D eigenvalue weighted by atomic mass is 32.2. The van der Waals surface area contributed by atoms with Gasteiger partial charge in [0.15, 0.2) is 0 Å². The van der Waals surface area contributed by atoms with Crippen LogP contribution in [0.3, 0.4) is 0 Å². The number of aliphatic carboxylic acids is 1. The van der Waals surface area contributed by atoms with Crippen LogP contribution in [-0.2, 0) is 14.8 Å². The number of anilines is 1. The molecule has 2 rings (SSSR count). The van der Waals surface area contributed by atoms with Crippen molar-refractivity contribution in [1.82, 2.24) is 5.32 Å². The fraction of sp³-hybridized carbons (Fsp3) is 0.263. The number of hydrogen-bond donors (Lipinski definition) is 3. The summed E-state index contributed by atoms with van der Waals surface area (Å²) in [6.45, 7) is 5.27. The third-order valence-corrected chi connectivity index (χ3v) is 5.35. The molecule has 8 heteroatoms. The lowest BCUT2D eigenvalue weighted by molar-refractivity contribution is -0.140. The summed E-state index contributed by atoms with van der Waals surface area (Å²) in [5, 5.41) is 11.6. The Kier molecular flexibility index (Phi) is 6.22. The van der Waals surface area contributed by atoms with E-state index in [0.717, 1.165) is 5.56 Å². The van der Waals surface area contributed by atoms with Crippen molar-refractivity contribution >= 4 is 27.6 Å². The second-order valence-corrected chi connectivity index (χ2v) is 8.21. The number of amides is 1. The summed E-state index contributed by atoms with van der Waals surface area (Å²) >= 11 is 0. The van der Waals surface area contributed by atoms with Gasteiger partial charge in [-0.1, -0.05) is 31.5 Å². The van der Waals surface area contributed by atoms with Crippen LogP contribution < -0.4 is 10.0 Å². The molecule has 2 aromatic carbocycles. The maximum absolute atomic E-state index is 12.4. The molecule has 0 aromatic heterocycles. The number of benzene rings is 2. The van der Waals surface area contributed by atoms with Crippen LogP contribution in [0, 0.1) is 12.8 Å². The molecule has 0 spiro atoms. The van der Waals surface area contributed by atoms with Gasteiger partial charge in [-0.25, -0.2) is 13.2 Å². The molecular formula is C19H22N2O5S. The summed E-state index contributed by atoms with van der Waals surface area (Å²) in [6.07, 6.45) is 0. The molecular weight excluding hydrogens is 368 g/mol. The second kappa shape index (κ2) is 8.22. The predicted molar refractivity (Wildman–Crippen MR) is 102 cm³/mol. The summed E-state index contributed by atoms with van der Waals surface area (Å²) in [5.74, 6) is -1.99. The molecule has 0 aliphatic carbocycles. The average Bonchev–Trinajstić information content (AvgIpc) is 2.60. The number of nitrogens with one attached hydrogen (secondary N) is 2. The second-order valence-electron chi connectivity index (χ2n) is 6.53. The van der Waals surface area contributed by atoms with Crippen LogP contribution in [0.2, 0.25) is 0 Å². The first-order chi connectivity index (χ1) is 12.6. The normalized spacial score (nSPS) is 12.4. The fourth-order valence-electron chi connectivity index (χ4n) is 2.36. The van der Waals surface area contributed by atoms with E-state index in [9.17, 15) is 18.0 Å². The lowest BCUT2D eigenvalue weighted by Crippen LogP contribution is -2.44. The van der Waals surface area contributed by atoms with Crippen molar-refractivity contribution in [3.05, 3.63) is 59.7 Å². The van der Waals surface area contributed by atoms with Crippen molar-refractivity contribution < 1.29 is 23.1 Å². The highest BCUT2D eigenvalue weighted by Crippen LogP contribution is 2.17. The minimum absolute atomic E-state index is 0.00160. The lowest BCUT2D eigenvalue weighted by atomic mass is 10.0. The molecule has 3 N–H and O–H groups in total. The van der Waals surface area contributed by atoms with Crippen molar-refractivity contribution in [2.45, 2.75) is 31.7 Å². The molecule has 0 saturated carbocycles. The van der Waals surface area contributed by atoms with Gasteiger partial charge in [0.2, 0.25) is 0 Å². The standard InChI is InChI=1S/C19H22N2O5S/c1-12(2)17(19(23)24)20-18(22)14-6-10-16(11-7-14)27(25,26)21-15-8-4-13(3)5-9-15/h4-12,17,21H,1-3H3,(H,20,22)(H,23,24)/t17-/m0/s1. The molecule has 0 fully saturated rings. The Morgan fingerprint density at radius 3 is 2.00 bits per heavy atom. The zero-order valence-corrected chi connectivity index (χ0v) is 16.1. The molecule has 0 radical (unpaired) electrons. The van der Waals surface area contributed by atoms with Crippen molar-refractivity contribution in [2.24, 2.45) is 5.92 Å². The van der Waals surface area contributed by atoms with E-state index >= 15 is 0 Å². The van der Waals surface area contributed by atoms with Gasteiger partial charge in [0.25, 0.3) is 15.9 Å². The molecule has 0 heterocycles. The Bertz CT molecular complexity index is 920. The van der Waals surface area contributed by atoms with Gasteiger partial charge in [-0.3, -0.25) is 9.52 Å². The Morgan fingerprint density at radius 1 is 0.963 bits per heavy atom. The van der Waals surface area contributed by atoms with Gasteiger partial charge in [0, 0.05) is 11.3 Å². The molecule has 0 unspecified atom stereocenters. The van der Waals surface area contributed by atoms with Crippen LogP contribution in [0.4, 0.5) is 5.69 Å². The van der Waals surface area contributed by atoms with Gasteiger partial charge < -0.3 is 10.4 Å². The molecule has 1 amide bonds. The van der Waals surface area contributed by atoms with Gasteiger partial charge in [-0.2, -0.15) is 0 Å². The summed E-state index contributed by atoms with van der Waals surface area (Å²) in [7, 11) is -3.79. The van der Waals surface area contributed by atoms with Gasteiger partial charge in [0.1, 0.15) is 6.04 Å². The number of rotatable bonds is 7. The highest BCUT2D eigenvalue weighted by molar-refractivity contribution is 7.92. The van der Waals surface area contributed by atoms with Crippen LogP contribution in [0.5, 0.6) is 0 Å². The van der Waals surface area contributed by atoms with E-state index in [2.05, 4.69) is 10.0 Å². The number of carbonyl (C=O) groups is 2. The Hall–Kier alpha value is -2.87. The fourth-order valence-corrected chi connectivity index (χ4v) is 3.42. The zero-order valence-electron chi connectivity index (χ0n) is 15.3. The van der Waals surface area contributed by atoms with Crippen LogP contribution in [-0.4, -0.2) is 31.4 Å². The molecule has 0 saturated heterocycles. The van der Waals surface area contributed by atoms with Crippen molar-refractivity contribution in [1.29, 1.82) is 0 Å². The number of aryl methyl sites for hydroxylation is 1. The minimum Gasteiger partial charge on any atom is -0.480 e. The maximum Gasteiger partial charge on any atom is 0.326 e. The molecule has 0 bridgehead atoms. The summed E-state index contributed by atoms with van der Waals surface area (Å²) in [6, 6.07) is 11.2. The third kappa shape index (κ3) is 5.30. The smallest absolute Gasteiger partial charge is 0.326 e. The topological polar surface area (TPSA) is 113 Å². The molecule has 7 nitrogen and oxygen atoms in total. The third-order valence-electron chi connectivity index (χ3n) is 3.95. The van der Waals surface area contributed by atoms with E-state index in [-0.39, 0.29) is 16.4 Å². The number of carboxylic acid groups (broad SMARTS) is 1. The molecule has 0 aliphatic rings. The number of carbonyl (C=O) groups excluding carboxylic acids is 1. The van der Waals surface area contributed by atoms with Crippen LogP contribution in [0.15, 0.2) is 53.4 Å². The van der Waals surface area contributed by atoms with E-state index < -0.39 is 27.9 Å². The van der Waals surface area contributed by atoms with E-state index in [4.69, 9.17) is 5.11 Å². The average molecular weight is 390 g/mol. The Labute approximate surface area is 158 Å². The van der Waals surface area contributed by atoms with E-state index in [1.54, 1.807) is 38.1 Å². The number of hydrogen-bond acceptors (Lipinski definition) is 4. The molecule has 1 atom stereocenters. The number of carboxylic acids is 1. The molecule has 2 aromatic rings. The molecule has 144 valence electrons. The molecule has 0 aliphatic heterocycles. The number of sulfonamides is 1. The van der Waals surface area contributed by atoms with E-state index in [1.807, 2.05) is 6.92 Å². The Balaban J connectivity index is 2.14. The van der Waals surface area contributed by atoms with Gasteiger partial charge in [-0.05, 0) is 49.2 Å². The van der Waals surface area contributed by atoms with Crippen molar-refractivity contribution in [3.8, 4) is 0 Å². The van der Waals surface area contributed by atoms with Crippen LogP contribution in [0.1, 0.15) is 29.8 Å². The first-order valence-electron chi connectivity index (χ1n) is 8.33. The van der Waals surface area contributed by atoms with Crippen molar-refractivity contribution in [3.63, 3.8) is 0 Å². The monoisotopic (exact) mass is 390 g/mol. The van der Waals surface area contributed by atoms with Crippen LogP contribution >= 0.6 is 0 Å². The van der Waals surface area contributed by atoms with Gasteiger partial charge >= 0.3 is 5.97 Å². The SMILES string of the molecule is Cc1ccc(NS(=O)(=O)c2ccc(C(=O)N[C@H](C(=O)O)C(C)C)cc2)cc1. The zero-order chi connectivity index (χ0) is 20.2. The molecule has 27 heavy (non-hydrogen) atoms. The van der Waals surface area contributed by atoms with E-state index in [1.165, 1.54) is 24.3 Å². The largest absolute Gasteiger partial charge is 0.480 e. The van der Waals surface area contributed by atoms with Gasteiger partial charge in [-0.15, -0.1) is 0 Å². The maximum atomic E-state index is 12.4. The summed E-state index contributed by atoms with van der Waals surface area (Å²) < 4.78 is 27.3. The quantitative estimate of drug-likeness (QED) is 0.673.